The first-order valence-corrected chi connectivity index (χ1v) is 6.06. The molecule has 0 spiro atoms. The Balaban J connectivity index is 2.51. The highest BCUT2D eigenvalue weighted by Crippen LogP contribution is 2.31. The molecule has 0 aliphatic rings. The van der Waals surface area contributed by atoms with Crippen LogP contribution in [0.3, 0.4) is 0 Å². The van der Waals surface area contributed by atoms with Crippen LogP contribution in [0, 0.1) is 5.82 Å². The van der Waals surface area contributed by atoms with Gasteiger partial charge >= 0.3 is 0 Å². The van der Waals surface area contributed by atoms with Crippen molar-refractivity contribution in [2.24, 2.45) is 5.84 Å². The van der Waals surface area contributed by atoms with Gasteiger partial charge in [-0.1, -0.05) is 23.7 Å². The Bertz CT molecular complexity index is 578. The Kier molecular flexibility index (Phi) is 4.13. The van der Waals surface area contributed by atoms with Gasteiger partial charge in [-0.05, 0) is 19.1 Å². The molecule has 1 aromatic heterocycles. The molecule has 0 saturated carbocycles. The monoisotopic (exact) mass is 281 g/mol. The van der Waals surface area contributed by atoms with Crippen molar-refractivity contribution in [3.63, 3.8) is 0 Å². The quantitative estimate of drug-likeness (QED) is 0.666. The number of para-hydroxylation sites is 1. The summed E-state index contributed by atoms with van der Waals surface area (Å²) in [6, 6.07) is 6.42. The topological polar surface area (TPSA) is 67.1 Å². The zero-order valence-corrected chi connectivity index (χ0v) is 11.0. The molecule has 2 aromatic rings. The molecule has 0 aliphatic carbocycles. The summed E-state index contributed by atoms with van der Waals surface area (Å²) in [7, 11) is 0. The molecule has 3 N–H and O–H groups in total. The van der Waals surface area contributed by atoms with Crippen LogP contribution < -0.4 is 16.2 Å². The van der Waals surface area contributed by atoms with E-state index in [-0.39, 0.29) is 11.8 Å². The molecule has 1 heterocycles. The van der Waals surface area contributed by atoms with Crippen molar-refractivity contribution in [1.29, 1.82) is 0 Å². The van der Waals surface area contributed by atoms with Crippen LogP contribution in [0.1, 0.15) is 6.92 Å². The van der Waals surface area contributed by atoms with E-state index in [1.807, 2.05) is 6.92 Å². The Labute approximate surface area is 115 Å². The number of aromatic nitrogens is 2. The van der Waals surface area contributed by atoms with Gasteiger partial charge in [0.05, 0.1) is 11.9 Å². The van der Waals surface area contributed by atoms with Crippen LogP contribution >= 0.6 is 11.6 Å². The van der Waals surface area contributed by atoms with Crippen molar-refractivity contribution < 1.29 is 4.39 Å². The van der Waals surface area contributed by atoms with E-state index in [2.05, 4.69) is 15.4 Å². The van der Waals surface area contributed by atoms with Crippen molar-refractivity contribution in [3.05, 3.63) is 41.3 Å². The number of nitrogen functional groups attached to an aromatic ring is 1. The fourth-order valence-corrected chi connectivity index (χ4v) is 1.91. The Morgan fingerprint density at radius 3 is 2.79 bits per heavy atom. The molecule has 0 bridgehead atoms. The van der Waals surface area contributed by atoms with Crippen LogP contribution in [0.2, 0.25) is 5.02 Å². The van der Waals surface area contributed by atoms with Crippen LogP contribution in [0.4, 0.5) is 21.8 Å². The summed E-state index contributed by atoms with van der Waals surface area (Å²) < 4.78 is 13.9. The van der Waals surface area contributed by atoms with Crippen LogP contribution in [0.15, 0.2) is 30.5 Å². The third-order valence-corrected chi connectivity index (χ3v) is 2.84. The maximum absolute atomic E-state index is 13.9. The first-order valence-electron chi connectivity index (χ1n) is 5.68. The fourth-order valence-electron chi connectivity index (χ4n) is 1.72. The van der Waals surface area contributed by atoms with E-state index in [9.17, 15) is 4.39 Å². The number of hydrazine groups is 1. The molecule has 0 unspecified atom stereocenters. The number of nitrogens with one attached hydrogen (secondary N) is 1. The molecule has 0 fully saturated rings. The molecule has 0 saturated heterocycles. The maximum atomic E-state index is 13.9. The van der Waals surface area contributed by atoms with Gasteiger partial charge in [0.15, 0.2) is 5.82 Å². The minimum Gasteiger partial charge on any atom is -0.323 e. The van der Waals surface area contributed by atoms with Crippen LogP contribution in [-0.2, 0) is 0 Å². The lowest BCUT2D eigenvalue weighted by molar-refractivity contribution is 0.625. The largest absolute Gasteiger partial charge is 0.323 e. The van der Waals surface area contributed by atoms with E-state index < -0.39 is 0 Å². The number of hydrogen-bond acceptors (Lipinski definition) is 5. The summed E-state index contributed by atoms with van der Waals surface area (Å²) in [5.74, 6) is 5.54. The van der Waals surface area contributed by atoms with E-state index in [0.29, 0.717) is 23.1 Å². The van der Waals surface area contributed by atoms with E-state index in [1.54, 1.807) is 23.1 Å². The summed E-state index contributed by atoms with van der Waals surface area (Å²) in [5, 5.41) is 0.323. The van der Waals surface area contributed by atoms with Gasteiger partial charge in [0, 0.05) is 6.54 Å². The van der Waals surface area contributed by atoms with Gasteiger partial charge in [-0.3, -0.25) is 5.43 Å². The molecule has 0 radical (unpaired) electrons. The molecule has 0 aliphatic heterocycles. The lowest BCUT2D eigenvalue weighted by Gasteiger charge is -2.23. The second kappa shape index (κ2) is 5.81. The number of anilines is 3. The fraction of sp³-hybridized carbons (Fsp3) is 0.167. The summed E-state index contributed by atoms with van der Waals surface area (Å²) >= 11 is 6.07. The van der Waals surface area contributed by atoms with E-state index in [1.165, 1.54) is 12.3 Å². The number of nitrogens with zero attached hydrogens (tertiary/aromatic N) is 3. The van der Waals surface area contributed by atoms with E-state index >= 15 is 0 Å². The van der Waals surface area contributed by atoms with Crippen LogP contribution in [0.5, 0.6) is 0 Å². The lowest BCUT2D eigenvalue weighted by Crippen LogP contribution is -2.20. The highest BCUT2D eigenvalue weighted by molar-refractivity contribution is 6.33. The van der Waals surface area contributed by atoms with Gasteiger partial charge in [0.2, 0.25) is 5.95 Å². The predicted molar refractivity (Wildman–Crippen MR) is 73.9 cm³/mol. The van der Waals surface area contributed by atoms with E-state index in [4.69, 9.17) is 17.4 Å². The predicted octanol–water partition coefficient (Wildman–Crippen LogP) is 2.71. The zero-order valence-electron chi connectivity index (χ0n) is 10.3. The number of benzene rings is 1. The van der Waals surface area contributed by atoms with Gasteiger partial charge < -0.3 is 4.90 Å². The highest BCUT2D eigenvalue weighted by Gasteiger charge is 2.16. The summed E-state index contributed by atoms with van der Waals surface area (Å²) in [6.45, 7) is 2.38. The second-order valence-electron chi connectivity index (χ2n) is 3.71. The molecular weight excluding hydrogens is 269 g/mol. The van der Waals surface area contributed by atoms with Gasteiger partial charge in [-0.25, -0.2) is 15.2 Å². The smallest absolute Gasteiger partial charge is 0.239 e. The molecule has 7 heteroatoms. The number of halogens is 2. The Morgan fingerprint density at radius 2 is 2.16 bits per heavy atom. The maximum Gasteiger partial charge on any atom is 0.239 e. The zero-order chi connectivity index (χ0) is 13.8. The third kappa shape index (κ3) is 2.74. The molecule has 1 aromatic carbocycles. The van der Waals surface area contributed by atoms with Gasteiger partial charge in [-0.15, -0.1) is 0 Å². The Morgan fingerprint density at radius 1 is 1.42 bits per heavy atom. The normalized spacial score (nSPS) is 10.3. The Hall–Kier alpha value is -1.92. The summed E-state index contributed by atoms with van der Waals surface area (Å²) in [4.78, 5) is 9.70. The lowest BCUT2D eigenvalue weighted by atomic mass is 10.2. The van der Waals surface area contributed by atoms with Crippen molar-refractivity contribution in [2.45, 2.75) is 6.92 Å². The van der Waals surface area contributed by atoms with Gasteiger partial charge in [-0.2, -0.15) is 4.98 Å². The number of hydrogen-bond donors (Lipinski definition) is 2. The van der Waals surface area contributed by atoms with E-state index in [0.717, 1.165) is 0 Å². The minimum absolute atomic E-state index is 0.217. The minimum atomic E-state index is -0.346. The number of nitrogens with two attached hydrogens (primary N) is 1. The van der Waals surface area contributed by atoms with Crippen molar-refractivity contribution >= 4 is 29.1 Å². The molecule has 100 valence electrons. The average Bonchev–Trinajstić information content (AvgIpc) is 2.43. The van der Waals surface area contributed by atoms with Crippen molar-refractivity contribution in [1.82, 2.24) is 9.97 Å². The molecule has 0 amide bonds. The molecule has 0 atom stereocenters. The average molecular weight is 282 g/mol. The molecule has 19 heavy (non-hydrogen) atoms. The third-order valence-electron chi connectivity index (χ3n) is 2.57. The van der Waals surface area contributed by atoms with Crippen LogP contribution in [-0.4, -0.2) is 16.5 Å². The van der Waals surface area contributed by atoms with Crippen molar-refractivity contribution in [3.8, 4) is 0 Å². The van der Waals surface area contributed by atoms with Crippen LogP contribution in [0.25, 0.3) is 0 Å². The first kappa shape index (κ1) is 13.5. The summed E-state index contributed by atoms with van der Waals surface area (Å²) in [5.41, 5.74) is 2.74. The second-order valence-corrected chi connectivity index (χ2v) is 4.11. The summed E-state index contributed by atoms with van der Waals surface area (Å²) in [6.07, 6.45) is 1.42. The SMILES string of the molecule is CCN(c1ccccc1F)c1nc(NN)ncc1Cl. The molecular formula is C12H13ClFN5. The number of rotatable bonds is 4. The van der Waals surface area contributed by atoms with Crippen molar-refractivity contribution in [2.75, 3.05) is 16.9 Å². The first-order chi connectivity index (χ1) is 9.17. The molecule has 5 nitrogen and oxygen atoms in total. The van der Waals surface area contributed by atoms with Gasteiger partial charge in [0.1, 0.15) is 10.8 Å². The van der Waals surface area contributed by atoms with Gasteiger partial charge in [0.25, 0.3) is 0 Å². The standard InChI is InChI=1S/C12H13ClFN5/c1-2-19(10-6-4-3-5-9(10)14)11-8(13)7-16-12(17-11)18-15/h3-7H,2,15H2,1H3,(H,16,17,18). The highest BCUT2D eigenvalue weighted by atomic mass is 35.5. The molecule has 2 rings (SSSR count).